The van der Waals surface area contributed by atoms with E-state index < -0.39 is 0 Å². The molecule has 0 saturated carbocycles. The lowest BCUT2D eigenvalue weighted by Crippen LogP contribution is -2.11. The molecule has 0 spiro atoms. The summed E-state index contributed by atoms with van der Waals surface area (Å²) in [5.41, 5.74) is 7.38. The van der Waals surface area contributed by atoms with Gasteiger partial charge in [0.2, 0.25) is 0 Å². The van der Waals surface area contributed by atoms with Crippen LogP contribution in [0.15, 0.2) is 54.6 Å². The van der Waals surface area contributed by atoms with Gasteiger partial charge in [-0.25, -0.2) is 0 Å². The molecule has 0 aliphatic rings. The minimum absolute atomic E-state index is 0. The van der Waals surface area contributed by atoms with Crippen LogP contribution in [-0.2, 0) is 0 Å². The zero-order chi connectivity index (χ0) is 14.4. The van der Waals surface area contributed by atoms with E-state index in [1.165, 1.54) is 5.56 Å². The molecule has 1 atom stereocenters. The summed E-state index contributed by atoms with van der Waals surface area (Å²) in [5.74, 6) is 2.39. The van der Waals surface area contributed by atoms with E-state index in [-0.39, 0.29) is 18.4 Å². The van der Waals surface area contributed by atoms with Crippen LogP contribution < -0.4 is 10.5 Å². The van der Waals surface area contributed by atoms with E-state index in [1.807, 2.05) is 42.5 Å². The second-order valence-electron chi connectivity index (χ2n) is 5.56. The highest BCUT2D eigenvalue weighted by Crippen LogP contribution is 2.24. The van der Waals surface area contributed by atoms with Gasteiger partial charge in [-0.1, -0.05) is 44.2 Å². The minimum Gasteiger partial charge on any atom is -0.457 e. The third kappa shape index (κ3) is 5.78. The summed E-state index contributed by atoms with van der Waals surface area (Å²) in [6.45, 7) is 4.45. The normalized spacial score (nSPS) is 11.8. The molecule has 3 heteroatoms. The smallest absolute Gasteiger partial charge is 0.127 e. The molecule has 114 valence electrons. The Labute approximate surface area is 133 Å². The molecule has 2 aromatic rings. The molecule has 2 rings (SSSR count). The maximum absolute atomic E-state index is 6.21. The fraction of sp³-hybridized carbons (Fsp3) is 0.333. The lowest BCUT2D eigenvalue weighted by atomic mass is 9.98. The molecule has 0 saturated heterocycles. The van der Waals surface area contributed by atoms with Crippen molar-refractivity contribution in [2.75, 3.05) is 0 Å². The molecule has 0 radical (unpaired) electrons. The van der Waals surface area contributed by atoms with E-state index >= 15 is 0 Å². The summed E-state index contributed by atoms with van der Waals surface area (Å²) >= 11 is 0. The first-order chi connectivity index (χ1) is 9.65. The third-order valence-electron chi connectivity index (χ3n) is 3.34. The van der Waals surface area contributed by atoms with Crippen LogP contribution in [0.5, 0.6) is 11.5 Å². The van der Waals surface area contributed by atoms with Crippen LogP contribution in [0.3, 0.4) is 0 Å². The van der Waals surface area contributed by atoms with Crippen molar-refractivity contribution in [1.82, 2.24) is 0 Å². The fourth-order valence-electron chi connectivity index (χ4n) is 2.09. The van der Waals surface area contributed by atoms with Crippen LogP contribution in [0.2, 0.25) is 0 Å². The molecule has 2 aromatic carbocycles. The molecule has 2 N–H and O–H groups in total. The molecular formula is C18H24ClNO. The first-order valence-electron chi connectivity index (χ1n) is 7.23. The maximum Gasteiger partial charge on any atom is 0.127 e. The summed E-state index contributed by atoms with van der Waals surface area (Å²) in [7, 11) is 0. The highest BCUT2D eigenvalue weighted by Gasteiger charge is 2.07. The molecule has 0 aromatic heterocycles. The van der Waals surface area contributed by atoms with Gasteiger partial charge in [-0.3, -0.25) is 0 Å². The summed E-state index contributed by atoms with van der Waals surface area (Å²) in [5, 5.41) is 0. The van der Waals surface area contributed by atoms with Crippen molar-refractivity contribution >= 4 is 12.4 Å². The van der Waals surface area contributed by atoms with Gasteiger partial charge in [0.15, 0.2) is 0 Å². The number of benzene rings is 2. The number of hydrogen-bond donors (Lipinski definition) is 1. The lowest BCUT2D eigenvalue weighted by molar-refractivity contribution is 0.481. The Morgan fingerprint density at radius 2 is 1.43 bits per heavy atom. The molecule has 0 fully saturated rings. The van der Waals surface area contributed by atoms with Crippen molar-refractivity contribution in [1.29, 1.82) is 0 Å². The van der Waals surface area contributed by atoms with E-state index in [9.17, 15) is 0 Å². The van der Waals surface area contributed by atoms with Crippen molar-refractivity contribution < 1.29 is 4.74 Å². The third-order valence-corrected chi connectivity index (χ3v) is 3.34. The number of para-hydroxylation sites is 1. The predicted octanol–water partition coefficient (Wildman–Crippen LogP) is 5.34. The summed E-state index contributed by atoms with van der Waals surface area (Å²) in [6, 6.07) is 18.0. The minimum atomic E-state index is 0. The Morgan fingerprint density at radius 1 is 0.857 bits per heavy atom. The maximum atomic E-state index is 6.21. The van der Waals surface area contributed by atoms with Crippen LogP contribution in [0.4, 0.5) is 0 Å². The number of nitrogens with two attached hydrogens (primary N) is 1. The second-order valence-corrected chi connectivity index (χ2v) is 5.56. The van der Waals surface area contributed by atoms with Gasteiger partial charge in [0.1, 0.15) is 11.5 Å². The van der Waals surface area contributed by atoms with Crippen LogP contribution in [0, 0.1) is 5.92 Å². The first-order valence-corrected chi connectivity index (χ1v) is 7.23. The molecular weight excluding hydrogens is 282 g/mol. The van der Waals surface area contributed by atoms with Gasteiger partial charge in [-0.15, -0.1) is 12.4 Å². The first kappa shape index (κ1) is 17.5. The van der Waals surface area contributed by atoms with Gasteiger partial charge >= 0.3 is 0 Å². The average molecular weight is 306 g/mol. The fourth-order valence-corrected chi connectivity index (χ4v) is 2.09. The van der Waals surface area contributed by atoms with Crippen molar-refractivity contribution in [2.45, 2.75) is 32.7 Å². The topological polar surface area (TPSA) is 35.2 Å². The van der Waals surface area contributed by atoms with E-state index in [0.717, 1.165) is 24.3 Å². The monoisotopic (exact) mass is 305 g/mol. The Balaban J connectivity index is 0.00000220. The van der Waals surface area contributed by atoms with Crippen LogP contribution in [0.25, 0.3) is 0 Å². The Hall–Kier alpha value is -1.51. The quantitative estimate of drug-likeness (QED) is 0.782. The molecule has 0 aliphatic carbocycles. The molecule has 0 amide bonds. The number of rotatable bonds is 6. The van der Waals surface area contributed by atoms with E-state index in [0.29, 0.717) is 5.92 Å². The zero-order valence-electron chi connectivity index (χ0n) is 12.7. The lowest BCUT2D eigenvalue weighted by Gasteiger charge is -2.14. The van der Waals surface area contributed by atoms with Crippen molar-refractivity contribution in [3.8, 4) is 11.5 Å². The number of ether oxygens (including phenoxy) is 1. The van der Waals surface area contributed by atoms with Crippen LogP contribution in [0.1, 0.15) is 38.3 Å². The van der Waals surface area contributed by atoms with Crippen molar-refractivity contribution in [3.63, 3.8) is 0 Å². The van der Waals surface area contributed by atoms with Crippen LogP contribution >= 0.6 is 12.4 Å². The van der Waals surface area contributed by atoms with Gasteiger partial charge in [-0.05, 0) is 48.6 Å². The Kier molecular flexibility index (Phi) is 7.27. The van der Waals surface area contributed by atoms with Gasteiger partial charge in [0.05, 0.1) is 0 Å². The van der Waals surface area contributed by atoms with E-state index in [4.69, 9.17) is 10.5 Å². The average Bonchev–Trinajstić information content (AvgIpc) is 2.46. The molecule has 0 bridgehead atoms. The van der Waals surface area contributed by atoms with Gasteiger partial charge < -0.3 is 10.5 Å². The number of hydrogen-bond acceptors (Lipinski definition) is 2. The molecule has 0 unspecified atom stereocenters. The zero-order valence-corrected chi connectivity index (χ0v) is 13.5. The highest BCUT2D eigenvalue weighted by molar-refractivity contribution is 5.85. The summed E-state index contributed by atoms with van der Waals surface area (Å²) in [6.07, 6.45) is 2.18. The number of halogens is 1. The molecule has 0 heterocycles. The van der Waals surface area contributed by atoms with Gasteiger partial charge in [-0.2, -0.15) is 0 Å². The van der Waals surface area contributed by atoms with Gasteiger partial charge in [0, 0.05) is 6.04 Å². The van der Waals surface area contributed by atoms with Crippen molar-refractivity contribution in [2.24, 2.45) is 11.7 Å². The molecule has 0 aliphatic heterocycles. The Morgan fingerprint density at radius 3 is 2.00 bits per heavy atom. The van der Waals surface area contributed by atoms with E-state index in [1.54, 1.807) is 0 Å². The molecule has 21 heavy (non-hydrogen) atoms. The van der Waals surface area contributed by atoms with E-state index in [2.05, 4.69) is 26.0 Å². The second kappa shape index (κ2) is 8.71. The van der Waals surface area contributed by atoms with Gasteiger partial charge in [0.25, 0.3) is 0 Å². The summed E-state index contributed by atoms with van der Waals surface area (Å²) < 4.78 is 5.77. The Bertz CT molecular complexity index is 511. The molecule has 2 nitrogen and oxygen atoms in total. The summed E-state index contributed by atoms with van der Waals surface area (Å²) in [4.78, 5) is 0. The highest BCUT2D eigenvalue weighted by atomic mass is 35.5. The predicted molar refractivity (Wildman–Crippen MR) is 91.2 cm³/mol. The SMILES string of the molecule is CC(C)CC[C@@H](N)c1ccc(Oc2ccccc2)cc1.Cl. The van der Waals surface area contributed by atoms with Crippen LogP contribution in [-0.4, -0.2) is 0 Å². The van der Waals surface area contributed by atoms with Crippen molar-refractivity contribution in [3.05, 3.63) is 60.2 Å². The standard InChI is InChI=1S/C18H23NO.ClH/c1-14(2)8-13-18(19)15-9-11-17(12-10-15)20-16-6-4-3-5-7-16;/h3-7,9-12,14,18H,8,13,19H2,1-2H3;1H/t18-;/m1./s1. The largest absolute Gasteiger partial charge is 0.457 e.